The molecule has 114 valence electrons. The number of nitrogens with one attached hydrogen (secondary N) is 1. The normalized spacial score (nSPS) is 11.0. The van der Waals surface area contributed by atoms with Gasteiger partial charge in [-0.25, -0.2) is 10.4 Å². The van der Waals surface area contributed by atoms with Crippen LogP contribution in [0.3, 0.4) is 0 Å². The number of hydrogen-bond donors (Lipinski definition) is 1. The number of pyridine rings is 2. The summed E-state index contributed by atoms with van der Waals surface area (Å²) in [5.41, 5.74) is 3.88. The molecule has 1 N–H and O–H groups in total. The molecule has 5 nitrogen and oxygen atoms in total. The van der Waals surface area contributed by atoms with E-state index in [2.05, 4.69) is 20.5 Å². The predicted octanol–water partition coefficient (Wildman–Crippen LogP) is 3.70. The Hall–Kier alpha value is -2.50. The maximum atomic E-state index is 12.1. The molecule has 23 heavy (non-hydrogen) atoms. The Morgan fingerprint density at radius 1 is 1.17 bits per heavy atom. The van der Waals surface area contributed by atoms with Crippen LogP contribution in [0.5, 0.6) is 0 Å². The third kappa shape index (κ3) is 3.47. The van der Waals surface area contributed by atoms with Gasteiger partial charge in [0.15, 0.2) is 0 Å². The van der Waals surface area contributed by atoms with Crippen molar-refractivity contribution in [1.82, 2.24) is 15.4 Å². The molecular weight excluding hydrogens is 335 g/mol. The van der Waals surface area contributed by atoms with Gasteiger partial charge in [-0.15, -0.1) is 0 Å². The van der Waals surface area contributed by atoms with Gasteiger partial charge in [-0.3, -0.25) is 9.78 Å². The topological polar surface area (TPSA) is 67.2 Å². The van der Waals surface area contributed by atoms with E-state index >= 15 is 0 Å². The lowest BCUT2D eigenvalue weighted by molar-refractivity contribution is 0.0950. The molecule has 0 unspecified atom stereocenters. The van der Waals surface area contributed by atoms with E-state index in [1.54, 1.807) is 36.7 Å². The fourth-order valence-electron chi connectivity index (χ4n) is 1.99. The summed E-state index contributed by atoms with van der Waals surface area (Å²) >= 11 is 12.3. The molecule has 1 amide bonds. The second-order valence-corrected chi connectivity index (χ2v) is 5.42. The molecule has 3 aromatic rings. The number of fused-ring (bicyclic) bond motifs is 1. The maximum absolute atomic E-state index is 12.1. The zero-order valence-corrected chi connectivity index (χ0v) is 13.2. The Kier molecular flexibility index (Phi) is 4.50. The summed E-state index contributed by atoms with van der Waals surface area (Å²) in [5, 5.41) is 5.34. The number of hydrazone groups is 1. The number of benzene rings is 1. The number of rotatable bonds is 3. The first kappa shape index (κ1) is 15.4. The van der Waals surface area contributed by atoms with Gasteiger partial charge in [-0.2, -0.15) is 5.10 Å². The Morgan fingerprint density at radius 2 is 2.04 bits per heavy atom. The van der Waals surface area contributed by atoms with E-state index in [1.807, 2.05) is 6.07 Å². The van der Waals surface area contributed by atoms with Crippen LogP contribution >= 0.6 is 23.2 Å². The molecule has 0 aliphatic heterocycles. The third-order valence-electron chi connectivity index (χ3n) is 3.03. The van der Waals surface area contributed by atoms with Crippen molar-refractivity contribution >= 4 is 46.2 Å². The zero-order chi connectivity index (χ0) is 16.2. The molecular formula is C16H10Cl2N4O. The van der Waals surface area contributed by atoms with Gasteiger partial charge in [0.25, 0.3) is 5.91 Å². The SMILES string of the molecule is O=C(NN=Cc1cccnc1)c1cc(Cl)c2c(Cl)cccc2n1. The summed E-state index contributed by atoms with van der Waals surface area (Å²) in [5.74, 6) is -0.464. The molecule has 3 rings (SSSR count). The molecule has 0 aliphatic carbocycles. The summed E-state index contributed by atoms with van der Waals surface area (Å²) in [6.45, 7) is 0. The van der Waals surface area contributed by atoms with Crippen molar-refractivity contribution in [3.63, 3.8) is 0 Å². The van der Waals surface area contributed by atoms with Gasteiger partial charge in [0.2, 0.25) is 0 Å². The lowest BCUT2D eigenvalue weighted by Gasteiger charge is -2.05. The molecule has 0 radical (unpaired) electrons. The van der Waals surface area contributed by atoms with Crippen molar-refractivity contribution < 1.29 is 4.79 Å². The monoisotopic (exact) mass is 344 g/mol. The van der Waals surface area contributed by atoms with Gasteiger partial charge in [0.05, 0.1) is 21.8 Å². The van der Waals surface area contributed by atoms with Crippen LogP contribution in [0.15, 0.2) is 53.9 Å². The standard InChI is InChI=1S/C16H10Cl2N4O/c17-11-4-1-5-13-15(11)12(18)7-14(21-13)16(23)22-20-9-10-3-2-6-19-8-10/h1-9H,(H,22,23). The minimum atomic E-state index is -0.464. The number of nitrogens with zero attached hydrogens (tertiary/aromatic N) is 3. The van der Waals surface area contributed by atoms with Crippen LogP contribution in [0.25, 0.3) is 10.9 Å². The molecule has 0 atom stereocenters. The van der Waals surface area contributed by atoms with Crippen molar-refractivity contribution in [2.24, 2.45) is 5.10 Å². The molecule has 0 bridgehead atoms. The highest BCUT2D eigenvalue weighted by Crippen LogP contribution is 2.29. The molecule has 0 fully saturated rings. The van der Waals surface area contributed by atoms with Gasteiger partial charge in [-0.05, 0) is 24.3 Å². The molecule has 7 heteroatoms. The molecule has 0 saturated heterocycles. The first-order valence-electron chi connectivity index (χ1n) is 6.63. The van der Waals surface area contributed by atoms with Gasteiger partial charge in [0, 0.05) is 23.3 Å². The van der Waals surface area contributed by atoms with Gasteiger partial charge in [-0.1, -0.05) is 35.3 Å². The van der Waals surface area contributed by atoms with Crippen molar-refractivity contribution in [3.05, 3.63) is 70.1 Å². The van der Waals surface area contributed by atoms with E-state index in [-0.39, 0.29) is 5.69 Å². The van der Waals surface area contributed by atoms with E-state index < -0.39 is 5.91 Å². The summed E-state index contributed by atoms with van der Waals surface area (Å²) < 4.78 is 0. The summed E-state index contributed by atoms with van der Waals surface area (Å²) in [7, 11) is 0. The van der Waals surface area contributed by atoms with Crippen LogP contribution in [0.1, 0.15) is 16.1 Å². The second kappa shape index (κ2) is 6.73. The molecule has 2 aromatic heterocycles. The Bertz CT molecular complexity index is 897. The van der Waals surface area contributed by atoms with E-state index in [1.165, 1.54) is 12.3 Å². The van der Waals surface area contributed by atoms with Crippen LogP contribution in [0.4, 0.5) is 0 Å². The molecule has 0 saturated carbocycles. The average molecular weight is 345 g/mol. The summed E-state index contributed by atoms with van der Waals surface area (Å²) in [6.07, 6.45) is 4.77. The van der Waals surface area contributed by atoms with E-state index in [4.69, 9.17) is 23.2 Å². The number of aromatic nitrogens is 2. The minimum absolute atomic E-state index is 0.160. The number of amides is 1. The highest BCUT2D eigenvalue weighted by Gasteiger charge is 2.12. The van der Waals surface area contributed by atoms with E-state index in [0.717, 1.165) is 5.56 Å². The van der Waals surface area contributed by atoms with E-state index in [0.29, 0.717) is 20.9 Å². The van der Waals surface area contributed by atoms with Crippen LogP contribution in [0.2, 0.25) is 10.0 Å². The second-order valence-electron chi connectivity index (χ2n) is 4.61. The lowest BCUT2D eigenvalue weighted by Crippen LogP contribution is -2.19. The first-order chi connectivity index (χ1) is 11.1. The van der Waals surface area contributed by atoms with Gasteiger partial charge in [0.1, 0.15) is 5.69 Å². The number of hydrogen-bond acceptors (Lipinski definition) is 4. The Morgan fingerprint density at radius 3 is 2.83 bits per heavy atom. The van der Waals surface area contributed by atoms with Crippen LogP contribution < -0.4 is 5.43 Å². The third-order valence-corrected chi connectivity index (χ3v) is 3.64. The van der Waals surface area contributed by atoms with Crippen LogP contribution in [-0.2, 0) is 0 Å². The Labute approximate surface area is 142 Å². The fourth-order valence-corrected chi connectivity index (χ4v) is 2.61. The molecule has 0 aliphatic rings. The summed E-state index contributed by atoms with van der Waals surface area (Å²) in [6, 6.07) is 10.3. The van der Waals surface area contributed by atoms with E-state index in [9.17, 15) is 4.79 Å². The Balaban J connectivity index is 1.83. The highest BCUT2D eigenvalue weighted by atomic mass is 35.5. The largest absolute Gasteiger partial charge is 0.290 e. The number of carbonyl (C=O) groups excluding carboxylic acids is 1. The lowest BCUT2D eigenvalue weighted by atomic mass is 10.2. The molecule has 1 aromatic carbocycles. The quantitative estimate of drug-likeness (QED) is 0.581. The van der Waals surface area contributed by atoms with Crippen LogP contribution in [0, 0.1) is 0 Å². The maximum Gasteiger partial charge on any atom is 0.290 e. The molecule has 0 spiro atoms. The summed E-state index contributed by atoms with van der Waals surface area (Å²) in [4.78, 5) is 20.3. The predicted molar refractivity (Wildman–Crippen MR) is 91.1 cm³/mol. The highest BCUT2D eigenvalue weighted by molar-refractivity contribution is 6.42. The molecule has 2 heterocycles. The van der Waals surface area contributed by atoms with Crippen molar-refractivity contribution in [2.75, 3.05) is 0 Å². The van der Waals surface area contributed by atoms with Gasteiger partial charge >= 0.3 is 0 Å². The van der Waals surface area contributed by atoms with Gasteiger partial charge < -0.3 is 0 Å². The fraction of sp³-hybridized carbons (Fsp3) is 0. The first-order valence-corrected chi connectivity index (χ1v) is 7.39. The average Bonchev–Trinajstić information content (AvgIpc) is 2.55. The van der Waals surface area contributed by atoms with Crippen molar-refractivity contribution in [3.8, 4) is 0 Å². The van der Waals surface area contributed by atoms with Crippen LogP contribution in [-0.4, -0.2) is 22.1 Å². The number of halogens is 2. The zero-order valence-electron chi connectivity index (χ0n) is 11.7. The smallest absolute Gasteiger partial charge is 0.266 e. The van der Waals surface area contributed by atoms with Crippen molar-refractivity contribution in [2.45, 2.75) is 0 Å². The van der Waals surface area contributed by atoms with Crippen molar-refractivity contribution in [1.29, 1.82) is 0 Å². The minimum Gasteiger partial charge on any atom is -0.266 e. The number of carbonyl (C=O) groups is 1.